The van der Waals surface area contributed by atoms with E-state index in [1.54, 1.807) is 11.1 Å². The molecule has 1 fully saturated rings. The van der Waals surface area contributed by atoms with Crippen LogP contribution in [-0.2, 0) is 4.79 Å². The summed E-state index contributed by atoms with van der Waals surface area (Å²) in [5.41, 5.74) is 7.95. The lowest BCUT2D eigenvalue weighted by atomic mass is 9.96. The van der Waals surface area contributed by atoms with E-state index in [1.165, 1.54) is 0 Å². The van der Waals surface area contributed by atoms with E-state index < -0.39 is 0 Å². The van der Waals surface area contributed by atoms with Crippen LogP contribution >= 0.6 is 0 Å². The number of aromatic nitrogens is 2. The highest BCUT2D eigenvalue weighted by molar-refractivity contribution is 5.96. The topological polar surface area (TPSA) is 93.3 Å². The van der Waals surface area contributed by atoms with Crippen LogP contribution in [0.4, 0.5) is 0 Å². The number of nitrogens with two attached hydrogens (primary N) is 1. The van der Waals surface area contributed by atoms with Crippen molar-refractivity contribution in [2.24, 2.45) is 11.7 Å². The molecule has 1 aliphatic heterocycles. The summed E-state index contributed by atoms with van der Waals surface area (Å²) in [4.78, 5) is 31.6. The first-order valence-electron chi connectivity index (χ1n) is 9.40. The first-order valence-corrected chi connectivity index (χ1v) is 9.40. The molecule has 1 unspecified atom stereocenters. The molecule has 0 saturated carbocycles. The van der Waals surface area contributed by atoms with Crippen molar-refractivity contribution >= 4 is 11.8 Å². The van der Waals surface area contributed by atoms with Gasteiger partial charge in [0.1, 0.15) is 5.82 Å². The van der Waals surface area contributed by atoms with Crippen molar-refractivity contribution in [1.82, 2.24) is 19.8 Å². The standard InChI is InChI=1S/C20H27N5O2/c1-14-12-17(15(2)25(14)18-7-3-4-9-22-18)20(27)24-11-5-6-16(13-24)19(26)23-10-8-21/h3-4,7,9,12,16H,5-6,8,10-11,13,21H2,1-2H3,(H,23,26). The van der Waals surface area contributed by atoms with Crippen LogP contribution in [0, 0.1) is 19.8 Å². The Morgan fingerprint density at radius 1 is 1.33 bits per heavy atom. The molecule has 2 amide bonds. The van der Waals surface area contributed by atoms with Gasteiger partial charge in [-0.15, -0.1) is 0 Å². The quantitative estimate of drug-likeness (QED) is 0.833. The van der Waals surface area contributed by atoms with Gasteiger partial charge in [0, 0.05) is 43.8 Å². The molecule has 0 aromatic carbocycles. The highest BCUT2D eigenvalue weighted by atomic mass is 16.2. The van der Waals surface area contributed by atoms with E-state index in [9.17, 15) is 9.59 Å². The Morgan fingerprint density at radius 2 is 2.15 bits per heavy atom. The number of hydrogen-bond acceptors (Lipinski definition) is 4. The SMILES string of the molecule is Cc1cc(C(=O)N2CCCC(C(=O)NCCN)C2)c(C)n1-c1ccccn1. The Kier molecular flexibility index (Phi) is 5.91. The monoisotopic (exact) mass is 369 g/mol. The molecule has 0 radical (unpaired) electrons. The van der Waals surface area contributed by atoms with Crippen LogP contribution in [0.25, 0.3) is 5.82 Å². The second-order valence-corrected chi connectivity index (χ2v) is 6.98. The summed E-state index contributed by atoms with van der Waals surface area (Å²) >= 11 is 0. The normalized spacial score (nSPS) is 17.0. The summed E-state index contributed by atoms with van der Waals surface area (Å²) < 4.78 is 1.99. The lowest BCUT2D eigenvalue weighted by Gasteiger charge is -2.32. The fraction of sp³-hybridized carbons (Fsp3) is 0.450. The van der Waals surface area contributed by atoms with Gasteiger partial charge in [0.05, 0.1) is 11.5 Å². The van der Waals surface area contributed by atoms with E-state index in [2.05, 4.69) is 10.3 Å². The molecule has 144 valence electrons. The number of rotatable bonds is 5. The number of aryl methyl sites for hydroxylation is 1. The molecule has 27 heavy (non-hydrogen) atoms. The number of carbonyl (C=O) groups excluding carboxylic acids is 2. The van der Waals surface area contributed by atoms with Crippen molar-refractivity contribution in [3.8, 4) is 5.82 Å². The number of piperidine rings is 1. The highest BCUT2D eigenvalue weighted by Crippen LogP contribution is 2.24. The van der Waals surface area contributed by atoms with E-state index in [-0.39, 0.29) is 17.7 Å². The van der Waals surface area contributed by atoms with Gasteiger partial charge in [0.2, 0.25) is 5.91 Å². The number of likely N-dealkylation sites (tertiary alicyclic amines) is 1. The zero-order valence-corrected chi connectivity index (χ0v) is 15.9. The molecular weight excluding hydrogens is 342 g/mol. The minimum Gasteiger partial charge on any atom is -0.355 e. The van der Waals surface area contributed by atoms with Crippen molar-refractivity contribution in [3.63, 3.8) is 0 Å². The maximum atomic E-state index is 13.1. The van der Waals surface area contributed by atoms with Gasteiger partial charge in [0.25, 0.3) is 5.91 Å². The van der Waals surface area contributed by atoms with Gasteiger partial charge in [-0.05, 0) is 44.9 Å². The maximum absolute atomic E-state index is 13.1. The van der Waals surface area contributed by atoms with Gasteiger partial charge in [-0.2, -0.15) is 0 Å². The van der Waals surface area contributed by atoms with Crippen LogP contribution in [0.3, 0.4) is 0 Å². The van der Waals surface area contributed by atoms with E-state index in [1.807, 2.05) is 42.7 Å². The third kappa shape index (κ3) is 4.03. The fourth-order valence-corrected chi connectivity index (χ4v) is 3.70. The predicted octanol–water partition coefficient (Wildman–Crippen LogP) is 1.42. The Bertz CT molecular complexity index is 815. The van der Waals surface area contributed by atoms with Gasteiger partial charge in [-0.1, -0.05) is 6.07 Å². The Morgan fingerprint density at radius 3 is 2.85 bits per heavy atom. The molecule has 7 heteroatoms. The molecule has 3 rings (SSSR count). The first kappa shape index (κ1) is 19.1. The summed E-state index contributed by atoms with van der Waals surface area (Å²) in [5.74, 6) is 0.580. The fourth-order valence-electron chi connectivity index (χ4n) is 3.70. The second-order valence-electron chi connectivity index (χ2n) is 6.98. The molecule has 7 nitrogen and oxygen atoms in total. The van der Waals surface area contributed by atoms with Crippen molar-refractivity contribution < 1.29 is 9.59 Å². The molecule has 2 aromatic heterocycles. The van der Waals surface area contributed by atoms with Crippen LogP contribution in [0.15, 0.2) is 30.5 Å². The molecule has 3 N–H and O–H groups in total. The summed E-state index contributed by atoms with van der Waals surface area (Å²) in [5, 5.41) is 2.83. The number of amides is 2. The van der Waals surface area contributed by atoms with E-state index in [4.69, 9.17) is 5.73 Å². The Balaban J connectivity index is 1.79. The number of carbonyl (C=O) groups is 2. The lowest BCUT2D eigenvalue weighted by Crippen LogP contribution is -2.46. The van der Waals surface area contributed by atoms with Gasteiger partial charge >= 0.3 is 0 Å². The minimum absolute atomic E-state index is 0.0168. The van der Waals surface area contributed by atoms with Crippen LogP contribution in [0.5, 0.6) is 0 Å². The van der Waals surface area contributed by atoms with Crippen LogP contribution < -0.4 is 11.1 Å². The third-order valence-electron chi connectivity index (χ3n) is 5.06. The summed E-state index contributed by atoms with van der Waals surface area (Å²) in [6, 6.07) is 7.63. The second kappa shape index (κ2) is 8.35. The maximum Gasteiger partial charge on any atom is 0.255 e. The predicted molar refractivity (Wildman–Crippen MR) is 104 cm³/mol. The third-order valence-corrected chi connectivity index (χ3v) is 5.06. The zero-order valence-electron chi connectivity index (χ0n) is 15.9. The summed E-state index contributed by atoms with van der Waals surface area (Å²) in [6.45, 7) is 5.91. The van der Waals surface area contributed by atoms with Crippen molar-refractivity contribution in [1.29, 1.82) is 0 Å². The first-order chi connectivity index (χ1) is 13.0. The molecule has 3 heterocycles. The average Bonchev–Trinajstić information content (AvgIpc) is 3.00. The zero-order chi connectivity index (χ0) is 19.4. The van der Waals surface area contributed by atoms with Gasteiger partial charge in [-0.25, -0.2) is 4.98 Å². The van der Waals surface area contributed by atoms with Crippen molar-refractivity contribution in [2.75, 3.05) is 26.2 Å². The van der Waals surface area contributed by atoms with Gasteiger partial charge < -0.3 is 20.5 Å². The van der Waals surface area contributed by atoms with Gasteiger partial charge in [-0.3, -0.25) is 9.59 Å². The van der Waals surface area contributed by atoms with Crippen LogP contribution in [0.2, 0.25) is 0 Å². The highest BCUT2D eigenvalue weighted by Gasteiger charge is 2.30. The van der Waals surface area contributed by atoms with Gasteiger partial charge in [0.15, 0.2) is 0 Å². The molecule has 1 atom stereocenters. The molecule has 0 bridgehead atoms. The largest absolute Gasteiger partial charge is 0.355 e. The number of pyridine rings is 1. The molecule has 2 aromatic rings. The smallest absolute Gasteiger partial charge is 0.255 e. The van der Waals surface area contributed by atoms with Crippen molar-refractivity contribution in [2.45, 2.75) is 26.7 Å². The number of hydrogen-bond donors (Lipinski definition) is 2. The molecular formula is C20H27N5O2. The molecule has 1 saturated heterocycles. The summed E-state index contributed by atoms with van der Waals surface area (Å²) in [7, 11) is 0. The number of nitrogens with zero attached hydrogens (tertiary/aromatic N) is 3. The Hall–Kier alpha value is -2.67. The van der Waals surface area contributed by atoms with E-state index in [0.717, 1.165) is 30.0 Å². The van der Waals surface area contributed by atoms with Crippen LogP contribution in [0.1, 0.15) is 34.6 Å². The van der Waals surface area contributed by atoms with Crippen LogP contribution in [-0.4, -0.2) is 52.4 Å². The molecule has 0 aliphatic carbocycles. The summed E-state index contributed by atoms with van der Waals surface area (Å²) in [6.07, 6.45) is 3.36. The molecule has 1 aliphatic rings. The van der Waals surface area contributed by atoms with Crippen molar-refractivity contribution in [3.05, 3.63) is 47.4 Å². The minimum atomic E-state index is -0.173. The van der Waals surface area contributed by atoms with E-state index >= 15 is 0 Å². The van der Waals surface area contributed by atoms with E-state index in [0.29, 0.717) is 31.7 Å². The molecule has 0 spiro atoms. The average molecular weight is 369 g/mol. The Labute approximate surface area is 159 Å². The number of nitrogens with one attached hydrogen (secondary N) is 1. The lowest BCUT2D eigenvalue weighted by molar-refractivity contribution is -0.126.